The Kier molecular flexibility index (Phi) is 19.7. The van der Waals surface area contributed by atoms with Crippen molar-refractivity contribution < 1.29 is 44.3 Å². The Bertz CT molecular complexity index is 959. The summed E-state index contributed by atoms with van der Waals surface area (Å²) < 4.78 is 29.9. The van der Waals surface area contributed by atoms with E-state index in [0.29, 0.717) is 29.4 Å². The molecule has 0 spiro atoms. The molecule has 0 aromatic heterocycles. The molecule has 0 heterocycles. The fourth-order valence-corrected chi connectivity index (χ4v) is 2.14. The van der Waals surface area contributed by atoms with Crippen LogP contribution in [-0.2, 0) is 9.47 Å². The molecule has 0 saturated heterocycles. The van der Waals surface area contributed by atoms with Gasteiger partial charge in [-0.15, -0.1) is 0 Å². The van der Waals surface area contributed by atoms with Gasteiger partial charge in [-0.1, -0.05) is 28.2 Å². The van der Waals surface area contributed by atoms with E-state index in [1.165, 1.54) is 38.5 Å². The highest BCUT2D eigenvalue weighted by atomic mass is 19.1. The first-order valence-corrected chi connectivity index (χ1v) is 10.5. The van der Waals surface area contributed by atoms with E-state index in [1.807, 2.05) is 13.8 Å². The maximum Gasteiger partial charge on any atom is 0.337 e. The Labute approximate surface area is 214 Å². The first-order valence-electron chi connectivity index (χ1n) is 11.2. The summed E-state index contributed by atoms with van der Waals surface area (Å²) in [5, 5.41) is 9.11. The second kappa shape index (κ2) is 20.6. The minimum atomic E-state index is -1.00. The quantitative estimate of drug-likeness (QED) is 0.374. The fourth-order valence-electron chi connectivity index (χ4n) is 2.14. The molecule has 0 aliphatic rings. The van der Waals surface area contributed by atoms with Gasteiger partial charge in [0, 0.05) is 0 Å². The normalized spacial score (nSPS) is 9.33. The number of carbonyl (C=O) groups is 4. The van der Waals surface area contributed by atoms with E-state index in [2.05, 4.69) is 30.2 Å². The second-order valence-corrected chi connectivity index (χ2v) is 7.64. The molecule has 0 unspecified atom stereocenters. The number of phenols is 1. The number of methoxy groups -OCH3 is 2. The lowest BCUT2D eigenvalue weighted by Gasteiger charge is -2.12. The molecule has 2 rings (SSSR count). The van der Waals surface area contributed by atoms with E-state index >= 15 is 0 Å². The predicted octanol–water partition coefficient (Wildman–Crippen LogP) is 5.95. The van der Waals surface area contributed by atoms with Crippen molar-refractivity contribution in [3.63, 3.8) is 0 Å². The van der Waals surface area contributed by atoms with Gasteiger partial charge < -0.3 is 19.3 Å². The zero-order valence-electron chi connectivity index (χ0n) is 22.2. The van der Waals surface area contributed by atoms with Crippen molar-refractivity contribution in [2.24, 2.45) is 5.92 Å². The number of ether oxygens (including phenoxy) is 3. The molecule has 0 aliphatic carbocycles. The third kappa shape index (κ3) is 14.5. The molecule has 0 aliphatic heterocycles. The van der Waals surface area contributed by atoms with Gasteiger partial charge in [-0.25, -0.2) is 9.59 Å². The van der Waals surface area contributed by atoms with Crippen LogP contribution in [0.2, 0.25) is 0 Å². The number of halogens is 1. The lowest BCUT2D eigenvalue weighted by molar-refractivity contribution is 0.0591. The number of benzene rings is 2. The predicted molar refractivity (Wildman–Crippen MR) is 138 cm³/mol. The Morgan fingerprint density at radius 1 is 0.889 bits per heavy atom. The zero-order chi connectivity index (χ0) is 28.3. The van der Waals surface area contributed by atoms with Crippen molar-refractivity contribution in [2.75, 3.05) is 21.4 Å². The van der Waals surface area contributed by atoms with E-state index in [1.54, 1.807) is 12.1 Å². The summed E-state index contributed by atoms with van der Waals surface area (Å²) in [5.74, 6) is 0.141. The number of aldehydes is 2. The Balaban J connectivity index is -0.000000494. The van der Waals surface area contributed by atoms with Crippen LogP contribution in [0.25, 0.3) is 0 Å². The third-order valence-corrected chi connectivity index (χ3v) is 3.50. The van der Waals surface area contributed by atoms with Gasteiger partial charge in [0.2, 0.25) is 0 Å². The van der Waals surface area contributed by atoms with Gasteiger partial charge >= 0.3 is 11.9 Å². The highest BCUT2D eigenvalue weighted by Crippen LogP contribution is 2.20. The van der Waals surface area contributed by atoms with Crippen LogP contribution in [0.5, 0.6) is 11.5 Å². The summed E-state index contributed by atoms with van der Waals surface area (Å²) in [5.41, 5.74) is 0.989. The molecule has 0 saturated carbocycles. The largest absolute Gasteiger partial charge is 0.507 e. The number of esters is 2. The number of hydrogen-bond acceptors (Lipinski definition) is 8. The summed E-state index contributed by atoms with van der Waals surface area (Å²) >= 11 is 0. The topological polar surface area (TPSA) is 116 Å². The lowest BCUT2D eigenvalue weighted by Crippen LogP contribution is -2.09. The molecule has 202 valence electrons. The van der Waals surface area contributed by atoms with Crippen LogP contribution in [0, 0.1) is 5.92 Å². The average Bonchev–Trinajstić information content (AvgIpc) is 2.83. The molecule has 0 radical (unpaired) electrons. The van der Waals surface area contributed by atoms with E-state index in [0.717, 1.165) is 5.92 Å². The standard InChI is InChI=1S/C12H14O4.C9H8O4.C4H10.CH3F.CH4/c1-8(2)16-11-5-4-9(12(14)15-3)6-10(11)7-13;1-13-9(12)6-2-3-8(11)7(4-6)5-10;1-4(2)3;1-2;/h4-8H,1-3H3;2-5,11H,1H3;4H,1-3H3;1H3;1H4/i;;;1D;. The molecule has 2 aromatic carbocycles. The van der Waals surface area contributed by atoms with Crippen LogP contribution in [0.15, 0.2) is 36.4 Å². The van der Waals surface area contributed by atoms with Crippen LogP contribution in [0.4, 0.5) is 4.39 Å². The smallest absolute Gasteiger partial charge is 0.337 e. The van der Waals surface area contributed by atoms with Crippen molar-refractivity contribution in [3.05, 3.63) is 58.7 Å². The highest BCUT2D eigenvalue weighted by molar-refractivity contribution is 5.93. The van der Waals surface area contributed by atoms with Crippen LogP contribution in [-0.4, -0.2) is 57.1 Å². The molecule has 1 N–H and O–H groups in total. The van der Waals surface area contributed by atoms with Crippen LogP contribution >= 0.6 is 0 Å². The van der Waals surface area contributed by atoms with Gasteiger partial charge in [-0.3, -0.25) is 14.0 Å². The molecule has 0 atom stereocenters. The van der Waals surface area contributed by atoms with Gasteiger partial charge in [0.25, 0.3) is 0 Å². The van der Waals surface area contributed by atoms with Gasteiger partial charge in [-0.2, -0.15) is 0 Å². The monoisotopic (exact) mass is 511 g/mol. The van der Waals surface area contributed by atoms with Crippen molar-refractivity contribution in [2.45, 2.75) is 48.1 Å². The number of aromatic hydroxyl groups is 1. The van der Waals surface area contributed by atoms with E-state index in [9.17, 15) is 23.6 Å². The fraction of sp³-hybridized carbons (Fsp3) is 0.407. The molecule has 0 bridgehead atoms. The Hall–Kier alpha value is -3.75. The van der Waals surface area contributed by atoms with E-state index in [4.69, 9.17) is 11.2 Å². The molecule has 9 heteroatoms. The number of alkyl halides is 1. The summed E-state index contributed by atoms with van der Waals surface area (Å²) in [7, 11) is 1.54. The summed E-state index contributed by atoms with van der Waals surface area (Å²) in [6, 6.07) is 8.54. The van der Waals surface area contributed by atoms with Crippen molar-refractivity contribution in [1.29, 1.82) is 0 Å². The molecule has 36 heavy (non-hydrogen) atoms. The van der Waals surface area contributed by atoms with Crippen molar-refractivity contribution in [3.8, 4) is 11.5 Å². The summed E-state index contributed by atoms with van der Waals surface area (Å²) in [6.45, 7) is 10.2. The second-order valence-electron chi connectivity index (χ2n) is 7.64. The van der Waals surface area contributed by atoms with Crippen molar-refractivity contribution in [1.82, 2.24) is 0 Å². The molecule has 0 amide bonds. The van der Waals surface area contributed by atoms with Crippen molar-refractivity contribution >= 4 is 24.5 Å². The first kappa shape index (κ1) is 34.4. The number of carbonyl (C=O) groups excluding carboxylic acids is 4. The summed E-state index contributed by atoms with van der Waals surface area (Å²) in [4.78, 5) is 43.4. The van der Waals surface area contributed by atoms with E-state index < -0.39 is 19.1 Å². The van der Waals surface area contributed by atoms with Crippen LogP contribution in [0.1, 0.15) is 84.8 Å². The maximum atomic E-state index is 11.2. The minimum absolute atomic E-state index is 0. The van der Waals surface area contributed by atoms with Gasteiger partial charge in [0.05, 0.1) is 51.1 Å². The summed E-state index contributed by atoms with van der Waals surface area (Å²) in [6.07, 6.45) is 1.11. The van der Waals surface area contributed by atoms with E-state index in [-0.39, 0.29) is 30.4 Å². The molecular formula is C27H39FO8. The minimum Gasteiger partial charge on any atom is -0.507 e. The van der Waals surface area contributed by atoms with Gasteiger partial charge in [-0.05, 0) is 56.2 Å². The first-order chi connectivity index (χ1) is 16.9. The molecular weight excluding hydrogens is 471 g/mol. The molecule has 0 fully saturated rings. The SMILES string of the molecule is C.CC(C)C.COC(=O)c1ccc(O)c(C=O)c1.COC(=O)c1ccc(OC(C)C)c(C=O)c1.[2H]CF. The molecule has 8 nitrogen and oxygen atoms in total. The number of rotatable bonds is 6. The van der Waals surface area contributed by atoms with Crippen LogP contribution in [0.3, 0.4) is 0 Å². The Morgan fingerprint density at radius 3 is 1.64 bits per heavy atom. The highest BCUT2D eigenvalue weighted by Gasteiger charge is 2.11. The zero-order valence-corrected chi connectivity index (χ0v) is 21.2. The Morgan fingerprint density at radius 2 is 1.28 bits per heavy atom. The number of hydrogen-bond donors (Lipinski definition) is 1. The lowest BCUT2D eigenvalue weighted by atomic mass is 10.1. The van der Waals surface area contributed by atoms with Gasteiger partial charge in [0.1, 0.15) is 11.5 Å². The van der Waals surface area contributed by atoms with Gasteiger partial charge in [0.15, 0.2) is 12.6 Å². The molecule has 2 aromatic rings. The maximum absolute atomic E-state index is 11.2. The van der Waals surface area contributed by atoms with Crippen LogP contribution < -0.4 is 4.74 Å². The number of phenolic OH excluding ortho intramolecular Hbond substituents is 1. The average molecular weight is 512 g/mol. The third-order valence-electron chi connectivity index (χ3n) is 3.50.